The van der Waals surface area contributed by atoms with E-state index in [1.807, 2.05) is 11.9 Å². The van der Waals surface area contributed by atoms with Crippen LogP contribution in [0.25, 0.3) is 0 Å². The maximum absolute atomic E-state index is 10.7. The summed E-state index contributed by atoms with van der Waals surface area (Å²) in [5.41, 5.74) is 0. The summed E-state index contributed by atoms with van der Waals surface area (Å²) in [4.78, 5) is 12.7. The minimum atomic E-state index is -0.442. The standard InChI is InChI=1S/C10H21NO3/c1-9(12)5-4-6-11(2)7-10(13)8-14-3/h10,13H,4-8H2,1-3H3. The predicted molar refractivity (Wildman–Crippen MR) is 55.3 cm³/mol. The molecule has 1 N–H and O–H groups in total. The van der Waals surface area contributed by atoms with Crippen molar-refractivity contribution >= 4 is 5.78 Å². The molecular formula is C10H21NO3. The lowest BCUT2D eigenvalue weighted by molar-refractivity contribution is -0.117. The molecule has 0 aliphatic carbocycles. The van der Waals surface area contributed by atoms with Gasteiger partial charge >= 0.3 is 0 Å². The topological polar surface area (TPSA) is 49.8 Å². The average Bonchev–Trinajstić information content (AvgIpc) is 2.03. The van der Waals surface area contributed by atoms with E-state index in [0.29, 0.717) is 19.6 Å². The molecule has 0 amide bonds. The zero-order chi connectivity index (χ0) is 11.0. The second-order valence-corrected chi connectivity index (χ2v) is 3.68. The van der Waals surface area contributed by atoms with E-state index in [1.165, 1.54) is 0 Å². The quantitative estimate of drug-likeness (QED) is 0.616. The Bertz CT molecular complexity index is 161. The first kappa shape index (κ1) is 13.5. The van der Waals surface area contributed by atoms with Crippen molar-refractivity contribution < 1.29 is 14.6 Å². The van der Waals surface area contributed by atoms with Gasteiger partial charge in [-0.2, -0.15) is 0 Å². The van der Waals surface area contributed by atoms with E-state index in [-0.39, 0.29) is 5.78 Å². The number of nitrogens with zero attached hydrogens (tertiary/aromatic N) is 1. The molecule has 0 aliphatic heterocycles. The van der Waals surface area contributed by atoms with Crippen LogP contribution in [0.1, 0.15) is 19.8 Å². The Morgan fingerprint density at radius 3 is 2.71 bits per heavy atom. The molecule has 0 rings (SSSR count). The maximum atomic E-state index is 10.7. The molecule has 1 unspecified atom stereocenters. The van der Waals surface area contributed by atoms with Gasteiger partial charge in [0.1, 0.15) is 5.78 Å². The lowest BCUT2D eigenvalue weighted by atomic mass is 10.2. The van der Waals surface area contributed by atoms with E-state index in [1.54, 1.807) is 14.0 Å². The number of rotatable bonds is 8. The second-order valence-electron chi connectivity index (χ2n) is 3.68. The van der Waals surface area contributed by atoms with Crippen molar-refractivity contribution in [2.45, 2.75) is 25.9 Å². The van der Waals surface area contributed by atoms with Crippen molar-refractivity contribution in [2.75, 3.05) is 33.9 Å². The van der Waals surface area contributed by atoms with Gasteiger partial charge in [0, 0.05) is 20.1 Å². The Kier molecular flexibility index (Phi) is 7.65. The average molecular weight is 203 g/mol. The summed E-state index contributed by atoms with van der Waals surface area (Å²) >= 11 is 0. The summed E-state index contributed by atoms with van der Waals surface area (Å²) in [7, 11) is 3.50. The third kappa shape index (κ3) is 8.16. The number of ether oxygens (including phenoxy) is 1. The minimum Gasteiger partial charge on any atom is -0.389 e. The van der Waals surface area contributed by atoms with E-state index >= 15 is 0 Å². The van der Waals surface area contributed by atoms with Gasteiger partial charge in [-0.05, 0) is 26.9 Å². The summed E-state index contributed by atoms with van der Waals surface area (Å²) in [6, 6.07) is 0. The van der Waals surface area contributed by atoms with Gasteiger partial charge < -0.3 is 19.5 Å². The van der Waals surface area contributed by atoms with Crippen LogP contribution in [-0.2, 0) is 9.53 Å². The van der Waals surface area contributed by atoms with Crippen molar-refractivity contribution in [1.29, 1.82) is 0 Å². The molecule has 84 valence electrons. The number of hydrogen-bond donors (Lipinski definition) is 1. The van der Waals surface area contributed by atoms with E-state index < -0.39 is 6.10 Å². The molecule has 0 aromatic heterocycles. The molecule has 4 heteroatoms. The van der Waals surface area contributed by atoms with Gasteiger partial charge in [0.2, 0.25) is 0 Å². The zero-order valence-electron chi connectivity index (χ0n) is 9.32. The number of hydrogen-bond acceptors (Lipinski definition) is 4. The fourth-order valence-corrected chi connectivity index (χ4v) is 1.29. The molecule has 0 heterocycles. The first-order valence-corrected chi connectivity index (χ1v) is 4.91. The molecular weight excluding hydrogens is 182 g/mol. The van der Waals surface area contributed by atoms with E-state index in [2.05, 4.69) is 0 Å². The number of ketones is 1. The predicted octanol–water partition coefficient (Wildman–Crippen LogP) is 0.295. The van der Waals surface area contributed by atoms with Crippen LogP contribution < -0.4 is 0 Å². The number of carbonyl (C=O) groups excluding carboxylic acids is 1. The fourth-order valence-electron chi connectivity index (χ4n) is 1.29. The summed E-state index contributed by atoms with van der Waals surface area (Å²) in [5.74, 6) is 0.218. The summed E-state index contributed by atoms with van der Waals surface area (Å²) in [6.07, 6.45) is 1.03. The van der Waals surface area contributed by atoms with Crippen molar-refractivity contribution in [3.8, 4) is 0 Å². The molecule has 0 bridgehead atoms. The van der Waals surface area contributed by atoms with E-state index in [9.17, 15) is 9.90 Å². The van der Waals surface area contributed by atoms with Gasteiger partial charge in [-0.25, -0.2) is 0 Å². The maximum Gasteiger partial charge on any atom is 0.129 e. The van der Waals surface area contributed by atoms with Crippen LogP contribution in [0.15, 0.2) is 0 Å². The third-order valence-corrected chi connectivity index (χ3v) is 1.95. The highest BCUT2D eigenvalue weighted by Gasteiger charge is 2.07. The molecule has 0 aromatic rings. The third-order valence-electron chi connectivity index (χ3n) is 1.95. The normalized spacial score (nSPS) is 13.2. The highest BCUT2D eigenvalue weighted by atomic mass is 16.5. The number of likely N-dealkylation sites (N-methyl/N-ethyl adjacent to an activating group) is 1. The summed E-state index contributed by atoms with van der Waals surface area (Å²) in [6.45, 7) is 3.38. The van der Waals surface area contributed by atoms with Gasteiger partial charge in [0.15, 0.2) is 0 Å². The van der Waals surface area contributed by atoms with Crippen molar-refractivity contribution in [3.63, 3.8) is 0 Å². The molecule has 1 atom stereocenters. The largest absolute Gasteiger partial charge is 0.389 e. The molecule has 0 saturated heterocycles. The van der Waals surface area contributed by atoms with Crippen LogP contribution in [0.4, 0.5) is 0 Å². The number of carbonyl (C=O) groups is 1. The van der Waals surface area contributed by atoms with Crippen LogP contribution in [0, 0.1) is 0 Å². The summed E-state index contributed by atoms with van der Waals surface area (Å²) in [5, 5.41) is 9.39. The van der Waals surface area contributed by atoms with Crippen LogP contribution in [0.5, 0.6) is 0 Å². The smallest absolute Gasteiger partial charge is 0.129 e. The Balaban J connectivity index is 3.44. The van der Waals surface area contributed by atoms with Crippen molar-refractivity contribution in [3.05, 3.63) is 0 Å². The summed E-state index contributed by atoms with van der Waals surface area (Å²) < 4.78 is 4.82. The first-order chi connectivity index (χ1) is 6.56. The number of aliphatic hydroxyl groups is 1. The highest BCUT2D eigenvalue weighted by Crippen LogP contribution is 1.96. The van der Waals surface area contributed by atoms with Gasteiger partial charge in [-0.3, -0.25) is 0 Å². The first-order valence-electron chi connectivity index (χ1n) is 4.91. The molecule has 0 spiro atoms. The Morgan fingerprint density at radius 2 is 2.21 bits per heavy atom. The highest BCUT2D eigenvalue weighted by molar-refractivity contribution is 5.75. The number of Topliss-reactive ketones (excluding diaryl/α,β-unsaturated/α-hetero) is 1. The van der Waals surface area contributed by atoms with Crippen LogP contribution in [0.3, 0.4) is 0 Å². The fraction of sp³-hybridized carbons (Fsp3) is 0.900. The Labute approximate surface area is 85.9 Å². The monoisotopic (exact) mass is 203 g/mol. The molecule has 0 radical (unpaired) electrons. The molecule has 4 nitrogen and oxygen atoms in total. The zero-order valence-corrected chi connectivity index (χ0v) is 9.32. The van der Waals surface area contributed by atoms with Crippen LogP contribution in [0.2, 0.25) is 0 Å². The minimum absolute atomic E-state index is 0.218. The van der Waals surface area contributed by atoms with Gasteiger partial charge in [0.05, 0.1) is 12.7 Å². The van der Waals surface area contributed by atoms with E-state index in [4.69, 9.17) is 4.74 Å². The Hall–Kier alpha value is -0.450. The SMILES string of the molecule is COCC(O)CN(C)CCCC(C)=O. The molecule has 14 heavy (non-hydrogen) atoms. The number of methoxy groups -OCH3 is 1. The van der Waals surface area contributed by atoms with Gasteiger partial charge in [-0.1, -0.05) is 0 Å². The molecule has 0 aliphatic rings. The molecule has 0 saturated carbocycles. The Morgan fingerprint density at radius 1 is 1.57 bits per heavy atom. The van der Waals surface area contributed by atoms with Crippen molar-refractivity contribution in [2.24, 2.45) is 0 Å². The second kappa shape index (κ2) is 7.91. The van der Waals surface area contributed by atoms with Gasteiger partial charge in [-0.15, -0.1) is 0 Å². The van der Waals surface area contributed by atoms with Crippen LogP contribution in [-0.4, -0.2) is 55.7 Å². The molecule has 0 aromatic carbocycles. The lowest BCUT2D eigenvalue weighted by Crippen LogP contribution is -2.32. The van der Waals surface area contributed by atoms with Gasteiger partial charge in [0.25, 0.3) is 0 Å². The van der Waals surface area contributed by atoms with E-state index in [0.717, 1.165) is 13.0 Å². The number of aliphatic hydroxyl groups excluding tert-OH is 1. The lowest BCUT2D eigenvalue weighted by Gasteiger charge is -2.19. The van der Waals surface area contributed by atoms with Crippen molar-refractivity contribution in [1.82, 2.24) is 4.90 Å². The molecule has 0 fully saturated rings. The van der Waals surface area contributed by atoms with Crippen LogP contribution >= 0.6 is 0 Å².